The summed E-state index contributed by atoms with van der Waals surface area (Å²) in [4.78, 5) is 11.8. The van der Waals surface area contributed by atoms with Crippen molar-refractivity contribution in [2.75, 3.05) is 7.11 Å². The fourth-order valence-corrected chi connectivity index (χ4v) is 2.91. The highest BCUT2D eigenvalue weighted by Gasteiger charge is 2.19. The lowest BCUT2D eigenvalue weighted by Gasteiger charge is -2.17. The molecule has 0 aromatic heterocycles. The van der Waals surface area contributed by atoms with E-state index in [9.17, 15) is 4.79 Å². The average molecular weight is 296 g/mol. The number of benzene rings is 2. The third-order valence-corrected chi connectivity index (χ3v) is 4.08. The van der Waals surface area contributed by atoms with Crippen LogP contribution in [-0.2, 0) is 4.74 Å². The first kappa shape index (κ1) is 14.6. The summed E-state index contributed by atoms with van der Waals surface area (Å²) < 4.78 is 11.0. The molecule has 0 unspecified atom stereocenters. The van der Waals surface area contributed by atoms with Gasteiger partial charge in [-0.3, -0.25) is 0 Å². The topological polar surface area (TPSA) is 35.5 Å². The molecule has 2 aromatic carbocycles. The standard InChI is InChI=1S/C19H20O3/c1-21-19(20)15-11-12-18(22-16-9-5-6-10-16)17(13-15)14-7-3-2-4-8-14/h2-4,7-8,11-13,16H,5-6,9-10H2,1H3. The Morgan fingerprint density at radius 2 is 1.77 bits per heavy atom. The van der Waals surface area contributed by atoms with Crippen LogP contribution in [0.5, 0.6) is 5.75 Å². The van der Waals surface area contributed by atoms with Crippen molar-refractivity contribution in [2.45, 2.75) is 31.8 Å². The van der Waals surface area contributed by atoms with Crippen LogP contribution in [0.15, 0.2) is 48.5 Å². The molecule has 0 bridgehead atoms. The predicted octanol–water partition coefficient (Wildman–Crippen LogP) is 4.46. The first-order valence-corrected chi connectivity index (χ1v) is 7.72. The van der Waals surface area contributed by atoms with Gasteiger partial charge in [0, 0.05) is 5.56 Å². The number of carbonyl (C=O) groups excluding carboxylic acids is 1. The molecule has 22 heavy (non-hydrogen) atoms. The fourth-order valence-electron chi connectivity index (χ4n) is 2.91. The van der Waals surface area contributed by atoms with E-state index in [1.165, 1.54) is 20.0 Å². The molecule has 3 rings (SSSR count). The van der Waals surface area contributed by atoms with Crippen molar-refractivity contribution in [3.63, 3.8) is 0 Å². The van der Waals surface area contributed by atoms with Crippen LogP contribution in [0.4, 0.5) is 0 Å². The molecule has 0 amide bonds. The Morgan fingerprint density at radius 1 is 1.05 bits per heavy atom. The maximum atomic E-state index is 11.8. The molecular weight excluding hydrogens is 276 g/mol. The molecule has 1 saturated carbocycles. The van der Waals surface area contributed by atoms with Gasteiger partial charge in [0.15, 0.2) is 0 Å². The van der Waals surface area contributed by atoms with Crippen molar-refractivity contribution in [3.05, 3.63) is 54.1 Å². The van der Waals surface area contributed by atoms with Gasteiger partial charge < -0.3 is 9.47 Å². The van der Waals surface area contributed by atoms with E-state index in [0.29, 0.717) is 5.56 Å². The van der Waals surface area contributed by atoms with Crippen LogP contribution in [0.2, 0.25) is 0 Å². The molecule has 0 saturated heterocycles. The first-order chi connectivity index (χ1) is 10.8. The summed E-state index contributed by atoms with van der Waals surface area (Å²) in [6.45, 7) is 0. The van der Waals surface area contributed by atoms with Crippen molar-refractivity contribution >= 4 is 5.97 Å². The van der Waals surface area contributed by atoms with Gasteiger partial charge >= 0.3 is 5.97 Å². The summed E-state index contributed by atoms with van der Waals surface area (Å²) in [5.74, 6) is 0.510. The Bertz CT molecular complexity index is 643. The van der Waals surface area contributed by atoms with Crippen molar-refractivity contribution in [2.24, 2.45) is 0 Å². The fraction of sp³-hybridized carbons (Fsp3) is 0.316. The lowest BCUT2D eigenvalue weighted by atomic mass is 10.0. The molecule has 0 spiro atoms. The Hall–Kier alpha value is -2.29. The molecule has 2 aromatic rings. The van der Waals surface area contributed by atoms with Gasteiger partial charge in [0.1, 0.15) is 5.75 Å². The Balaban J connectivity index is 1.98. The van der Waals surface area contributed by atoms with E-state index >= 15 is 0 Å². The van der Waals surface area contributed by atoms with E-state index in [-0.39, 0.29) is 12.1 Å². The van der Waals surface area contributed by atoms with Gasteiger partial charge in [0.05, 0.1) is 18.8 Å². The second-order valence-corrected chi connectivity index (χ2v) is 5.59. The monoisotopic (exact) mass is 296 g/mol. The van der Waals surface area contributed by atoms with E-state index in [4.69, 9.17) is 9.47 Å². The summed E-state index contributed by atoms with van der Waals surface area (Å²) in [5.41, 5.74) is 2.52. The van der Waals surface area contributed by atoms with Gasteiger partial charge in [-0.1, -0.05) is 30.3 Å². The van der Waals surface area contributed by atoms with Gasteiger partial charge in [-0.15, -0.1) is 0 Å². The average Bonchev–Trinajstić information content (AvgIpc) is 3.08. The number of hydrogen-bond acceptors (Lipinski definition) is 3. The van der Waals surface area contributed by atoms with Crippen LogP contribution in [0, 0.1) is 0 Å². The van der Waals surface area contributed by atoms with Gasteiger partial charge in [-0.2, -0.15) is 0 Å². The molecule has 1 aliphatic carbocycles. The zero-order valence-electron chi connectivity index (χ0n) is 12.7. The lowest BCUT2D eigenvalue weighted by Crippen LogP contribution is -2.12. The maximum Gasteiger partial charge on any atom is 0.337 e. The zero-order chi connectivity index (χ0) is 15.4. The summed E-state index contributed by atoms with van der Waals surface area (Å²) in [6.07, 6.45) is 4.95. The maximum absolute atomic E-state index is 11.8. The van der Waals surface area contributed by atoms with E-state index in [2.05, 4.69) is 0 Å². The van der Waals surface area contributed by atoms with Crippen LogP contribution >= 0.6 is 0 Å². The quantitative estimate of drug-likeness (QED) is 0.781. The van der Waals surface area contributed by atoms with Gasteiger partial charge in [-0.05, 0) is 49.4 Å². The Kier molecular flexibility index (Phi) is 4.42. The van der Waals surface area contributed by atoms with E-state index in [1.807, 2.05) is 42.5 Å². The minimum absolute atomic E-state index is 0.284. The third-order valence-electron chi connectivity index (χ3n) is 4.08. The van der Waals surface area contributed by atoms with Gasteiger partial charge in [0.2, 0.25) is 0 Å². The predicted molar refractivity (Wildman–Crippen MR) is 86.1 cm³/mol. The van der Waals surface area contributed by atoms with E-state index in [0.717, 1.165) is 29.7 Å². The van der Waals surface area contributed by atoms with Gasteiger partial charge in [-0.25, -0.2) is 4.79 Å². The van der Waals surface area contributed by atoms with Crippen LogP contribution in [0.1, 0.15) is 36.0 Å². The first-order valence-electron chi connectivity index (χ1n) is 7.72. The molecule has 3 nitrogen and oxygen atoms in total. The Morgan fingerprint density at radius 3 is 2.45 bits per heavy atom. The number of hydrogen-bond donors (Lipinski definition) is 0. The molecule has 0 aliphatic heterocycles. The van der Waals surface area contributed by atoms with Crippen LogP contribution in [-0.4, -0.2) is 19.2 Å². The number of esters is 1. The van der Waals surface area contributed by atoms with Crippen molar-refractivity contribution in [3.8, 4) is 16.9 Å². The summed E-state index contributed by atoms with van der Waals surface area (Å²) in [6, 6.07) is 15.5. The highest BCUT2D eigenvalue weighted by Crippen LogP contribution is 2.34. The molecule has 3 heteroatoms. The van der Waals surface area contributed by atoms with E-state index < -0.39 is 0 Å². The van der Waals surface area contributed by atoms with E-state index in [1.54, 1.807) is 6.07 Å². The third kappa shape index (κ3) is 3.14. The molecule has 1 aliphatic rings. The zero-order valence-corrected chi connectivity index (χ0v) is 12.7. The summed E-state index contributed by atoms with van der Waals surface area (Å²) in [5, 5.41) is 0. The number of ether oxygens (including phenoxy) is 2. The minimum atomic E-state index is -0.329. The minimum Gasteiger partial charge on any atom is -0.490 e. The molecule has 0 atom stereocenters. The molecule has 0 N–H and O–H groups in total. The van der Waals surface area contributed by atoms with Crippen LogP contribution < -0.4 is 4.74 Å². The van der Waals surface area contributed by atoms with Crippen molar-refractivity contribution in [1.29, 1.82) is 0 Å². The number of carbonyl (C=O) groups is 1. The highest BCUT2D eigenvalue weighted by atomic mass is 16.5. The molecule has 1 fully saturated rings. The SMILES string of the molecule is COC(=O)c1ccc(OC2CCCC2)c(-c2ccccc2)c1. The summed E-state index contributed by atoms with van der Waals surface area (Å²) in [7, 11) is 1.40. The van der Waals surface area contributed by atoms with Crippen LogP contribution in [0.25, 0.3) is 11.1 Å². The Labute approximate surface area is 130 Å². The van der Waals surface area contributed by atoms with Crippen LogP contribution in [0.3, 0.4) is 0 Å². The molecule has 0 heterocycles. The second kappa shape index (κ2) is 6.65. The summed E-state index contributed by atoms with van der Waals surface area (Å²) >= 11 is 0. The molecular formula is C19H20O3. The largest absolute Gasteiger partial charge is 0.490 e. The number of methoxy groups -OCH3 is 1. The smallest absolute Gasteiger partial charge is 0.337 e. The lowest BCUT2D eigenvalue weighted by molar-refractivity contribution is 0.0600. The number of rotatable bonds is 4. The van der Waals surface area contributed by atoms with Crippen molar-refractivity contribution in [1.82, 2.24) is 0 Å². The molecule has 0 radical (unpaired) electrons. The normalized spacial score (nSPS) is 14.8. The molecule has 114 valence electrons. The van der Waals surface area contributed by atoms with Gasteiger partial charge in [0.25, 0.3) is 0 Å². The highest BCUT2D eigenvalue weighted by molar-refractivity contribution is 5.92. The van der Waals surface area contributed by atoms with Crippen molar-refractivity contribution < 1.29 is 14.3 Å². The second-order valence-electron chi connectivity index (χ2n) is 5.59.